The molecule has 5 nitrogen and oxygen atoms in total. The standard InChI is InChI=1S/C20H24N2O3/c23-19(10-14-8-12-5-6-13(14)7-12)22-18(20(24)25)9-15-11-21-17-4-2-1-3-16(15)17/h1-4,11-14,18,21H,5-10H2,(H,22,23)(H,24,25). The highest BCUT2D eigenvalue weighted by Crippen LogP contribution is 2.49. The maximum atomic E-state index is 12.4. The average Bonchev–Trinajstić information content (AvgIpc) is 3.30. The van der Waals surface area contributed by atoms with Crippen LogP contribution < -0.4 is 5.32 Å². The molecule has 0 saturated heterocycles. The lowest BCUT2D eigenvalue weighted by atomic mass is 9.86. The van der Waals surface area contributed by atoms with Crippen molar-refractivity contribution < 1.29 is 14.7 Å². The van der Waals surface area contributed by atoms with Crippen molar-refractivity contribution in [2.75, 3.05) is 0 Å². The van der Waals surface area contributed by atoms with Crippen LogP contribution in [0.4, 0.5) is 0 Å². The van der Waals surface area contributed by atoms with E-state index >= 15 is 0 Å². The molecular formula is C20H24N2O3. The highest BCUT2D eigenvalue weighted by molar-refractivity contribution is 5.86. The van der Waals surface area contributed by atoms with Crippen molar-refractivity contribution in [2.45, 2.75) is 44.6 Å². The first-order chi connectivity index (χ1) is 12.1. The molecule has 0 aliphatic heterocycles. The van der Waals surface area contributed by atoms with Crippen molar-refractivity contribution in [1.82, 2.24) is 10.3 Å². The number of benzene rings is 1. The van der Waals surface area contributed by atoms with Crippen molar-refractivity contribution >= 4 is 22.8 Å². The van der Waals surface area contributed by atoms with Crippen LogP contribution in [0.1, 0.15) is 37.7 Å². The average molecular weight is 340 g/mol. The number of aromatic nitrogens is 1. The van der Waals surface area contributed by atoms with Crippen molar-refractivity contribution in [2.24, 2.45) is 17.8 Å². The van der Waals surface area contributed by atoms with E-state index in [-0.39, 0.29) is 5.91 Å². The fourth-order valence-electron chi connectivity index (χ4n) is 4.84. The van der Waals surface area contributed by atoms with E-state index < -0.39 is 12.0 Å². The first-order valence-corrected chi connectivity index (χ1v) is 9.17. The van der Waals surface area contributed by atoms with Crippen LogP contribution >= 0.6 is 0 Å². The quantitative estimate of drug-likeness (QED) is 0.756. The van der Waals surface area contributed by atoms with Gasteiger partial charge in [-0.1, -0.05) is 24.6 Å². The third kappa shape index (κ3) is 3.28. The van der Waals surface area contributed by atoms with E-state index in [1.165, 1.54) is 19.3 Å². The lowest BCUT2D eigenvalue weighted by Gasteiger charge is -2.22. The maximum Gasteiger partial charge on any atom is 0.326 e. The largest absolute Gasteiger partial charge is 0.480 e. The van der Waals surface area contributed by atoms with Gasteiger partial charge in [0.05, 0.1) is 0 Å². The van der Waals surface area contributed by atoms with Gasteiger partial charge in [-0.05, 0) is 48.6 Å². The van der Waals surface area contributed by atoms with Crippen LogP contribution in [-0.2, 0) is 16.0 Å². The minimum absolute atomic E-state index is 0.121. The number of carboxylic acid groups (broad SMARTS) is 1. The number of fused-ring (bicyclic) bond motifs is 3. The van der Waals surface area contributed by atoms with Gasteiger partial charge in [0.25, 0.3) is 0 Å². The predicted octanol–water partition coefficient (Wildman–Crippen LogP) is 3.11. The summed E-state index contributed by atoms with van der Waals surface area (Å²) in [5.41, 5.74) is 1.90. The van der Waals surface area contributed by atoms with Crippen LogP contribution in [-0.4, -0.2) is 28.0 Å². The lowest BCUT2D eigenvalue weighted by Crippen LogP contribution is -2.43. The van der Waals surface area contributed by atoms with E-state index in [2.05, 4.69) is 10.3 Å². The Balaban J connectivity index is 1.41. The zero-order chi connectivity index (χ0) is 17.4. The number of rotatable bonds is 6. The van der Waals surface area contributed by atoms with Gasteiger partial charge in [0, 0.05) is 29.9 Å². The molecule has 2 aliphatic carbocycles. The number of H-pyrrole nitrogens is 1. The van der Waals surface area contributed by atoms with E-state index in [9.17, 15) is 14.7 Å². The van der Waals surface area contributed by atoms with Crippen molar-refractivity contribution in [3.05, 3.63) is 36.0 Å². The zero-order valence-electron chi connectivity index (χ0n) is 14.2. The van der Waals surface area contributed by atoms with Gasteiger partial charge in [-0.3, -0.25) is 4.79 Å². The summed E-state index contributed by atoms with van der Waals surface area (Å²) in [5.74, 6) is 0.814. The number of carbonyl (C=O) groups excluding carboxylic acids is 1. The number of aliphatic carboxylic acids is 1. The van der Waals surface area contributed by atoms with Gasteiger partial charge >= 0.3 is 5.97 Å². The number of nitrogens with one attached hydrogen (secondary N) is 2. The molecule has 2 bridgehead atoms. The van der Waals surface area contributed by atoms with Gasteiger partial charge in [0.2, 0.25) is 5.91 Å². The maximum absolute atomic E-state index is 12.4. The van der Waals surface area contributed by atoms with Crippen molar-refractivity contribution in [3.63, 3.8) is 0 Å². The number of hydrogen-bond donors (Lipinski definition) is 3. The third-order valence-corrected chi connectivity index (χ3v) is 6.06. The van der Waals surface area contributed by atoms with Crippen molar-refractivity contribution in [1.29, 1.82) is 0 Å². The molecule has 4 rings (SSSR count). The molecule has 4 unspecified atom stereocenters. The van der Waals surface area contributed by atoms with E-state index in [1.54, 1.807) is 0 Å². The Morgan fingerprint density at radius 1 is 1.24 bits per heavy atom. The number of carbonyl (C=O) groups is 2. The first kappa shape index (κ1) is 16.2. The summed E-state index contributed by atoms with van der Waals surface area (Å²) in [6.45, 7) is 0. The summed E-state index contributed by atoms with van der Waals surface area (Å²) in [5, 5.41) is 13.3. The Bertz CT molecular complexity index is 797. The second-order valence-corrected chi connectivity index (χ2v) is 7.66. The van der Waals surface area contributed by atoms with Crippen molar-refractivity contribution in [3.8, 4) is 0 Å². The topological polar surface area (TPSA) is 82.2 Å². The minimum atomic E-state index is -0.980. The van der Waals surface area contributed by atoms with E-state index in [0.717, 1.165) is 28.8 Å². The molecule has 5 heteroatoms. The van der Waals surface area contributed by atoms with E-state index in [4.69, 9.17) is 0 Å². The van der Waals surface area contributed by atoms with Crippen LogP contribution in [0.3, 0.4) is 0 Å². The molecule has 3 N–H and O–H groups in total. The van der Waals surface area contributed by atoms with Gasteiger partial charge in [0.15, 0.2) is 0 Å². The predicted molar refractivity (Wildman–Crippen MR) is 95.1 cm³/mol. The molecule has 1 heterocycles. The molecule has 1 aromatic carbocycles. The van der Waals surface area contributed by atoms with Crippen LogP contribution in [0.5, 0.6) is 0 Å². The third-order valence-electron chi connectivity index (χ3n) is 6.06. The Hall–Kier alpha value is -2.30. The summed E-state index contributed by atoms with van der Waals surface area (Å²) in [4.78, 5) is 27.2. The molecule has 2 saturated carbocycles. The molecule has 25 heavy (non-hydrogen) atoms. The van der Waals surface area contributed by atoms with E-state index in [0.29, 0.717) is 24.7 Å². The molecule has 1 aromatic heterocycles. The molecule has 2 aliphatic rings. The molecule has 0 radical (unpaired) electrons. The summed E-state index contributed by atoms with van der Waals surface area (Å²) in [6, 6.07) is 6.92. The molecule has 132 valence electrons. The fraction of sp³-hybridized carbons (Fsp3) is 0.500. The highest BCUT2D eigenvalue weighted by atomic mass is 16.4. The molecule has 4 atom stereocenters. The summed E-state index contributed by atoms with van der Waals surface area (Å²) < 4.78 is 0. The Kier molecular flexibility index (Phi) is 4.24. The second-order valence-electron chi connectivity index (χ2n) is 7.66. The summed E-state index contributed by atoms with van der Waals surface area (Å²) >= 11 is 0. The smallest absolute Gasteiger partial charge is 0.326 e. The van der Waals surface area contributed by atoms with Crippen LogP contribution in [0.15, 0.2) is 30.5 Å². The van der Waals surface area contributed by atoms with Crippen LogP contribution in [0, 0.1) is 17.8 Å². The highest BCUT2D eigenvalue weighted by Gasteiger charge is 2.40. The monoisotopic (exact) mass is 340 g/mol. The molecule has 0 spiro atoms. The Morgan fingerprint density at radius 3 is 2.80 bits per heavy atom. The fourth-order valence-corrected chi connectivity index (χ4v) is 4.84. The second kappa shape index (κ2) is 6.54. The first-order valence-electron chi connectivity index (χ1n) is 9.17. The number of carboxylic acids is 1. The lowest BCUT2D eigenvalue weighted by molar-refractivity contribution is -0.142. The SMILES string of the molecule is O=C(CC1CC2CCC1C2)NC(Cc1c[nH]c2ccccc12)C(=O)O. The molecule has 1 amide bonds. The number of aromatic amines is 1. The van der Waals surface area contributed by atoms with Crippen LogP contribution in [0.25, 0.3) is 10.9 Å². The summed E-state index contributed by atoms with van der Waals surface area (Å²) in [7, 11) is 0. The van der Waals surface area contributed by atoms with E-state index in [1.807, 2.05) is 30.5 Å². The number of para-hydroxylation sites is 1. The minimum Gasteiger partial charge on any atom is -0.480 e. The summed E-state index contributed by atoms with van der Waals surface area (Å²) in [6.07, 6.45) is 7.54. The Morgan fingerprint density at radius 2 is 2.08 bits per heavy atom. The Labute approximate surface area is 146 Å². The van der Waals surface area contributed by atoms with Gasteiger partial charge in [-0.2, -0.15) is 0 Å². The zero-order valence-corrected chi connectivity index (χ0v) is 14.2. The number of amides is 1. The number of hydrogen-bond acceptors (Lipinski definition) is 2. The van der Waals surface area contributed by atoms with Gasteiger partial charge in [-0.25, -0.2) is 4.79 Å². The van der Waals surface area contributed by atoms with Gasteiger partial charge < -0.3 is 15.4 Å². The normalized spacial score (nSPS) is 26.0. The van der Waals surface area contributed by atoms with Crippen LogP contribution in [0.2, 0.25) is 0 Å². The van der Waals surface area contributed by atoms with Gasteiger partial charge in [-0.15, -0.1) is 0 Å². The molecular weight excluding hydrogens is 316 g/mol. The van der Waals surface area contributed by atoms with Gasteiger partial charge in [0.1, 0.15) is 6.04 Å². The molecule has 2 aromatic rings. The molecule has 2 fully saturated rings.